The predicted molar refractivity (Wildman–Crippen MR) is 81.4 cm³/mol. The van der Waals surface area contributed by atoms with E-state index in [0.717, 1.165) is 16.4 Å². The second kappa shape index (κ2) is 4.95. The molecule has 0 aliphatic heterocycles. The summed E-state index contributed by atoms with van der Waals surface area (Å²) in [5.41, 5.74) is 2.52. The Hall–Kier alpha value is -2.68. The summed E-state index contributed by atoms with van der Waals surface area (Å²) in [5, 5.41) is 21.0. The first-order chi connectivity index (χ1) is 10.7. The molecule has 22 heavy (non-hydrogen) atoms. The molecule has 0 saturated heterocycles. The van der Waals surface area contributed by atoms with Gasteiger partial charge in [0.15, 0.2) is 5.01 Å². The van der Waals surface area contributed by atoms with E-state index in [-0.39, 0.29) is 0 Å². The molecule has 0 aliphatic rings. The molecule has 0 spiro atoms. The van der Waals surface area contributed by atoms with Crippen molar-refractivity contribution in [2.24, 2.45) is 0 Å². The van der Waals surface area contributed by atoms with Gasteiger partial charge < -0.3 is 0 Å². The Morgan fingerprint density at radius 2 is 2.09 bits per heavy atom. The van der Waals surface area contributed by atoms with E-state index < -0.39 is 0 Å². The fourth-order valence-corrected chi connectivity index (χ4v) is 2.84. The summed E-state index contributed by atoms with van der Waals surface area (Å²) in [6.45, 7) is 4.23. The highest BCUT2D eigenvalue weighted by Gasteiger charge is 2.17. The second-order valence-electron chi connectivity index (χ2n) is 5.08. The number of H-pyrrole nitrogens is 1. The van der Waals surface area contributed by atoms with Crippen molar-refractivity contribution >= 4 is 16.3 Å². The van der Waals surface area contributed by atoms with Crippen molar-refractivity contribution in [2.75, 3.05) is 0 Å². The number of hydrogen-bond acceptors (Lipinski definition) is 7. The predicted octanol–water partition coefficient (Wildman–Crippen LogP) is 2.16. The number of aromatic nitrogens is 8. The van der Waals surface area contributed by atoms with E-state index >= 15 is 0 Å². The van der Waals surface area contributed by atoms with Crippen LogP contribution in [0.5, 0.6) is 0 Å². The van der Waals surface area contributed by atoms with Crippen LogP contribution in [0.4, 0.5) is 0 Å². The standard InChI is InChI=1S/C13H12N8S/c1-7(2)8-5-9(17-16-8)12-20-21-11(18-19-13(21)22-12)10-6-14-3-4-15-10/h3-7H,1-2H3,(H,16,17). The molecule has 8 nitrogen and oxygen atoms in total. The van der Waals surface area contributed by atoms with Crippen molar-refractivity contribution in [3.05, 3.63) is 30.4 Å². The van der Waals surface area contributed by atoms with Gasteiger partial charge in [-0.2, -0.15) is 14.7 Å². The van der Waals surface area contributed by atoms with Crippen LogP contribution >= 0.6 is 11.3 Å². The summed E-state index contributed by atoms with van der Waals surface area (Å²) in [7, 11) is 0. The lowest BCUT2D eigenvalue weighted by Crippen LogP contribution is -1.93. The largest absolute Gasteiger partial charge is 0.282 e. The van der Waals surface area contributed by atoms with Crippen molar-refractivity contribution < 1.29 is 0 Å². The van der Waals surface area contributed by atoms with Crippen LogP contribution in [0.25, 0.3) is 27.2 Å². The fourth-order valence-electron chi connectivity index (χ4n) is 2.04. The number of nitrogens with zero attached hydrogens (tertiary/aromatic N) is 7. The Balaban J connectivity index is 1.80. The molecule has 0 atom stereocenters. The van der Waals surface area contributed by atoms with Gasteiger partial charge in [-0.05, 0) is 12.0 Å². The Kier molecular flexibility index (Phi) is 2.93. The minimum atomic E-state index is 0.391. The van der Waals surface area contributed by atoms with Crippen LogP contribution in [0.2, 0.25) is 0 Å². The Morgan fingerprint density at radius 3 is 2.82 bits per heavy atom. The minimum absolute atomic E-state index is 0.391. The van der Waals surface area contributed by atoms with Crippen molar-refractivity contribution in [1.82, 2.24) is 40.0 Å². The average Bonchev–Trinajstić information content (AvgIpc) is 3.22. The highest BCUT2D eigenvalue weighted by Crippen LogP contribution is 2.27. The maximum Gasteiger partial charge on any atom is 0.235 e. The van der Waals surface area contributed by atoms with Crippen LogP contribution in [0.1, 0.15) is 25.5 Å². The van der Waals surface area contributed by atoms with Gasteiger partial charge in [0.1, 0.15) is 11.4 Å². The van der Waals surface area contributed by atoms with Crippen LogP contribution in [-0.4, -0.2) is 40.0 Å². The van der Waals surface area contributed by atoms with Gasteiger partial charge in [-0.3, -0.25) is 10.1 Å². The zero-order valence-corrected chi connectivity index (χ0v) is 12.7. The maximum atomic E-state index is 4.55. The Morgan fingerprint density at radius 1 is 1.18 bits per heavy atom. The van der Waals surface area contributed by atoms with Gasteiger partial charge in [0.25, 0.3) is 0 Å². The molecule has 0 bridgehead atoms. The van der Waals surface area contributed by atoms with Crippen molar-refractivity contribution in [3.8, 4) is 22.2 Å². The second-order valence-corrected chi connectivity index (χ2v) is 6.04. The number of nitrogens with one attached hydrogen (secondary N) is 1. The van der Waals surface area contributed by atoms with Gasteiger partial charge in [0.05, 0.1) is 6.20 Å². The molecule has 4 rings (SSSR count). The molecule has 110 valence electrons. The quantitative estimate of drug-likeness (QED) is 0.622. The van der Waals surface area contributed by atoms with Crippen molar-refractivity contribution in [2.45, 2.75) is 19.8 Å². The van der Waals surface area contributed by atoms with E-state index in [1.807, 2.05) is 6.07 Å². The molecule has 0 fully saturated rings. The van der Waals surface area contributed by atoms with E-state index in [9.17, 15) is 0 Å². The van der Waals surface area contributed by atoms with E-state index in [0.29, 0.717) is 22.4 Å². The van der Waals surface area contributed by atoms with Crippen LogP contribution in [-0.2, 0) is 0 Å². The van der Waals surface area contributed by atoms with Crippen molar-refractivity contribution in [3.63, 3.8) is 0 Å². The summed E-state index contributed by atoms with van der Waals surface area (Å²) in [6.07, 6.45) is 4.87. The zero-order valence-electron chi connectivity index (χ0n) is 11.9. The molecular weight excluding hydrogens is 300 g/mol. The van der Waals surface area contributed by atoms with Crippen LogP contribution < -0.4 is 0 Å². The molecule has 9 heteroatoms. The zero-order chi connectivity index (χ0) is 15.1. The van der Waals surface area contributed by atoms with E-state index in [4.69, 9.17) is 0 Å². The van der Waals surface area contributed by atoms with Crippen molar-refractivity contribution in [1.29, 1.82) is 0 Å². The van der Waals surface area contributed by atoms with Gasteiger partial charge in [-0.25, -0.2) is 4.98 Å². The van der Waals surface area contributed by atoms with Gasteiger partial charge in [-0.1, -0.05) is 25.2 Å². The lowest BCUT2D eigenvalue weighted by Gasteiger charge is -1.96. The highest BCUT2D eigenvalue weighted by atomic mass is 32.1. The normalized spacial score (nSPS) is 11.6. The number of rotatable bonds is 3. The summed E-state index contributed by atoms with van der Waals surface area (Å²) in [6, 6.07) is 2.01. The molecule has 0 aromatic carbocycles. The summed E-state index contributed by atoms with van der Waals surface area (Å²) >= 11 is 1.44. The molecule has 0 saturated carbocycles. The summed E-state index contributed by atoms with van der Waals surface area (Å²) < 4.78 is 1.67. The molecule has 0 aliphatic carbocycles. The Bertz CT molecular complexity index is 920. The molecule has 4 aromatic rings. The first-order valence-electron chi connectivity index (χ1n) is 6.76. The molecule has 0 amide bonds. The first kappa shape index (κ1) is 13.0. The number of aromatic amines is 1. The first-order valence-corrected chi connectivity index (χ1v) is 7.58. The van der Waals surface area contributed by atoms with E-state index in [1.165, 1.54) is 11.3 Å². The van der Waals surface area contributed by atoms with E-state index in [1.54, 1.807) is 23.1 Å². The average molecular weight is 312 g/mol. The minimum Gasteiger partial charge on any atom is -0.282 e. The molecule has 4 aromatic heterocycles. The molecule has 4 heterocycles. The third-order valence-electron chi connectivity index (χ3n) is 3.22. The lowest BCUT2D eigenvalue weighted by molar-refractivity contribution is 0.810. The van der Waals surface area contributed by atoms with Gasteiger partial charge in [0, 0.05) is 18.1 Å². The van der Waals surface area contributed by atoms with Crippen LogP contribution in [0, 0.1) is 0 Å². The topological polar surface area (TPSA) is 97.5 Å². The van der Waals surface area contributed by atoms with Gasteiger partial charge >= 0.3 is 0 Å². The third kappa shape index (κ3) is 2.06. The monoisotopic (exact) mass is 312 g/mol. The molecule has 0 unspecified atom stereocenters. The molecular formula is C13H12N8S. The number of hydrogen-bond donors (Lipinski definition) is 1. The fraction of sp³-hybridized carbons (Fsp3) is 0.231. The Labute approximate surface area is 129 Å². The summed E-state index contributed by atoms with van der Waals surface area (Å²) in [5.74, 6) is 0.965. The highest BCUT2D eigenvalue weighted by molar-refractivity contribution is 7.19. The van der Waals surface area contributed by atoms with E-state index in [2.05, 4.69) is 49.3 Å². The smallest absolute Gasteiger partial charge is 0.235 e. The third-order valence-corrected chi connectivity index (χ3v) is 4.14. The van der Waals surface area contributed by atoms with Crippen LogP contribution in [0.15, 0.2) is 24.7 Å². The summed E-state index contributed by atoms with van der Waals surface area (Å²) in [4.78, 5) is 8.99. The van der Waals surface area contributed by atoms with Crippen LogP contribution in [0.3, 0.4) is 0 Å². The maximum absolute atomic E-state index is 4.55. The molecule has 1 N–H and O–H groups in total. The SMILES string of the molecule is CC(C)c1cc(-c2nn3c(-c4cnccn4)nnc3s2)n[nH]1. The molecule has 0 radical (unpaired) electrons. The number of fused-ring (bicyclic) bond motifs is 1. The van der Waals surface area contributed by atoms with Gasteiger partial charge in [-0.15, -0.1) is 10.2 Å². The van der Waals surface area contributed by atoms with Gasteiger partial charge in [0.2, 0.25) is 10.8 Å². The lowest BCUT2D eigenvalue weighted by atomic mass is 10.1.